The predicted octanol–water partition coefficient (Wildman–Crippen LogP) is 4.41. The van der Waals surface area contributed by atoms with Crippen LogP contribution >= 0.6 is 34.5 Å². The van der Waals surface area contributed by atoms with Gasteiger partial charge in [-0.15, -0.1) is 11.3 Å². The minimum absolute atomic E-state index is 0.0367. The summed E-state index contributed by atoms with van der Waals surface area (Å²) in [6.07, 6.45) is 0. The van der Waals surface area contributed by atoms with Gasteiger partial charge in [0, 0.05) is 21.0 Å². The SMILES string of the molecule is C[C@H](N[C@H](C)C(=O)NCc1cccs1)c1ccc(Cl)cc1Cl. The first-order valence-electron chi connectivity index (χ1n) is 6.98. The van der Waals surface area contributed by atoms with Crippen molar-refractivity contribution in [1.82, 2.24) is 10.6 Å². The first-order chi connectivity index (χ1) is 10.5. The molecule has 0 radical (unpaired) electrons. The number of hydrogen-bond donors (Lipinski definition) is 2. The summed E-state index contributed by atoms with van der Waals surface area (Å²) in [5.74, 6) is -0.0367. The molecule has 1 amide bonds. The molecule has 0 fully saturated rings. The average Bonchev–Trinajstić information content (AvgIpc) is 2.97. The highest BCUT2D eigenvalue weighted by Gasteiger charge is 2.17. The number of carbonyl (C=O) groups excluding carboxylic acids is 1. The maximum atomic E-state index is 12.1. The van der Waals surface area contributed by atoms with Crippen molar-refractivity contribution in [2.75, 3.05) is 0 Å². The van der Waals surface area contributed by atoms with Crippen molar-refractivity contribution < 1.29 is 4.79 Å². The third kappa shape index (κ3) is 4.71. The van der Waals surface area contributed by atoms with Gasteiger partial charge in [-0.2, -0.15) is 0 Å². The normalized spacial score (nSPS) is 13.6. The highest BCUT2D eigenvalue weighted by atomic mass is 35.5. The van der Waals surface area contributed by atoms with Gasteiger partial charge in [-0.25, -0.2) is 0 Å². The Morgan fingerprint density at radius 1 is 1.27 bits per heavy atom. The molecule has 2 atom stereocenters. The van der Waals surface area contributed by atoms with Crippen molar-refractivity contribution >= 4 is 40.4 Å². The van der Waals surface area contributed by atoms with Crippen LogP contribution in [0.3, 0.4) is 0 Å². The first-order valence-corrected chi connectivity index (χ1v) is 8.62. The summed E-state index contributed by atoms with van der Waals surface area (Å²) in [6, 6.07) is 8.98. The molecule has 0 saturated carbocycles. The van der Waals surface area contributed by atoms with Gasteiger partial charge >= 0.3 is 0 Å². The van der Waals surface area contributed by atoms with Gasteiger partial charge in [0.15, 0.2) is 0 Å². The van der Waals surface area contributed by atoms with E-state index in [9.17, 15) is 4.79 Å². The summed E-state index contributed by atoms with van der Waals surface area (Å²) < 4.78 is 0. The zero-order valence-electron chi connectivity index (χ0n) is 12.4. The standard InChI is InChI=1S/C16H18Cl2N2OS/c1-10(14-6-5-12(17)8-15(14)18)20-11(2)16(21)19-9-13-4-3-7-22-13/h3-8,10-11,20H,9H2,1-2H3,(H,19,21)/t10-,11+/m0/s1. The summed E-state index contributed by atoms with van der Waals surface area (Å²) in [6.45, 7) is 4.36. The maximum Gasteiger partial charge on any atom is 0.237 e. The van der Waals surface area contributed by atoms with Gasteiger partial charge in [0.2, 0.25) is 5.91 Å². The van der Waals surface area contributed by atoms with E-state index in [-0.39, 0.29) is 18.0 Å². The fourth-order valence-corrected chi connectivity index (χ4v) is 3.35. The number of nitrogens with one attached hydrogen (secondary N) is 2. The Hall–Kier alpha value is -1.07. The molecule has 118 valence electrons. The third-order valence-electron chi connectivity index (χ3n) is 3.34. The topological polar surface area (TPSA) is 41.1 Å². The van der Waals surface area contributed by atoms with E-state index in [0.717, 1.165) is 10.4 Å². The second kappa shape index (κ2) is 7.97. The summed E-state index contributed by atoms with van der Waals surface area (Å²) in [4.78, 5) is 13.3. The quantitative estimate of drug-likeness (QED) is 0.804. The van der Waals surface area contributed by atoms with Crippen LogP contribution in [0.4, 0.5) is 0 Å². The smallest absolute Gasteiger partial charge is 0.237 e. The first kappa shape index (κ1) is 17.3. The van der Waals surface area contributed by atoms with Crippen LogP contribution in [0.2, 0.25) is 10.0 Å². The van der Waals surface area contributed by atoms with Crippen LogP contribution in [-0.4, -0.2) is 11.9 Å². The zero-order valence-corrected chi connectivity index (χ0v) is 14.7. The van der Waals surface area contributed by atoms with Crippen molar-refractivity contribution in [3.63, 3.8) is 0 Å². The van der Waals surface area contributed by atoms with Gasteiger partial charge in [0.1, 0.15) is 0 Å². The molecular formula is C16H18Cl2N2OS. The van der Waals surface area contributed by atoms with E-state index < -0.39 is 0 Å². The van der Waals surface area contributed by atoms with E-state index in [1.54, 1.807) is 23.5 Å². The van der Waals surface area contributed by atoms with Crippen LogP contribution in [0.5, 0.6) is 0 Å². The molecule has 0 aliphatic heterocycles. The molecule has 0 bridgehead atoms. The lowest BCUT2D eigenvalue weighted by Gasteiger charge is -2.21. The lowest BCUT2D eigenvalue weighted by Crippen LogP contribution is -2.42. The van der Waals surface area contributed by atoms with E-state index in [1.165, 1.54) is 0 Å². The van der Waals surface area contributed by atoms with Crippen molar-refractivity contribution in [2.45, 2.75) is 32.5 Å². The van der Waals surface area contributed by atoms with Crippen molar-refractivity contribution in [3.05, 3.63) is 56.2 Å². The van der Waals surface area contributed by atoms with Gasteiger partial charge < -0.3 is 5.32 Å². The summed E-state index contributed by atoms with van der Waals surface area (Å²) >= 11 is 13.7. The Morgan fingerprint density at radius 3 is 2.68 bits per heavy atom. The third-order valence-corrected chi connectivity index (χ3v) is 4.78. The van der Waals surface area contributed by atoms with Crippen LogP contribution in [0.15, 0.2) is 35.7 Å². The number of hydrogen-bond acceptors (Lipinski definition) is 3. The Kier molecular flexibility index (Phi) is 6.26. The molecule has 2 N–H and O–H groups in total. The van der Waals surface area contributed by atoms with Crippen LogP contribution in [0.1, 0.15) is 30.3 Å². The zero-order chi connectivity index (χ0) is 16.1. The molecule has 0 aliphatic rings. The van der Waals surface area contributed by atoms with E-state index >= 15 is 0 Å². The molecule has 2 aromatic rings. The number of carbonyl (C=O) groups is 1. The Morgan fingerprint density at radius 2 is 2.05 bits per heavy atom. The number of benzene rings is 1. The van der Waals surface area contributed by atoms with Gasteiger partial charge in [-0.05, 0) is 43.0 Å². The summed E-state index contributed by atoms with van der Waals surface area (Å²) in [7, 11) is 0. The molecule has 6 heteroatoms. The van der Waals surface area contributed by atoms with Gasteiger partial charge in [0.25, 0.3) is 0 Å². The maximum absolute atomic E-state index is 12.1. The van der Waals surface area contributed by atoms with E-state index in [0.29, 0.717) is 16.6 Å². The highest BCUT2D eigenvalue weighted by molar-refractivity contribution is 7.09. The molecule has 0 spiro atoms. The van der Waals surface area contributed by atoms with E-state index in [4.69, 9.17) is 23.2 Å². The lowest BCUT2D eigenvalue weighted by molar-refractivity contribution is -0.123. The van der Waals surface area contributed by atoms with E-state index in [1.807, 2.05) is 37.4 Å². The van der Waals surface area contributed by atoms with Crippen molar-refractivity contribution in [3.8, 4) is 0 Å². The molecule has 1 heterocycles. The largest absolute Gasteiger partial charge is 0.350 e. The minimum atomic E-state index is -0.318. The van der Waals surface area contributed by atoms with Crippen molar-refractivity contribution in [2.24, 2.45) is 0 Å². The molecule has 3 nitrogen and oxygen atoms in total. The molecule has 1 aromatic carbocycles. The molecule has 0 unspecified atom stereocenters. The van der Waals surface area contributed by atoms with Gasteiger partial charge in [0.05, 0.1) is 12.6 Å². The number of amides is 1. The molecule has 0 aliphatic carbocycles. The number of thiophene rings is 1. The predicted molar refractivity (Wildman–Crippen MR) is 93.6 cm³/mol. The van der Waals surface area contributed by atoms with Crippen LogP contribution < -0.4 is 10.6 Å². The Labute approximate surface area is 144 Å². The van der Waals surface area contributed by atoms with Crippen molar-refractivity contribution in [1.29, 1.82) is 0 Å². The van der Waals surface area contributed by atoms with Crippen LogP contribution in [-0.2, 0) is 11.3 Å². The van der Waals surface area contributed by atoms with E-state index in [2.05, 4.69) is 10.6 Å². The molecule has 22 heavy (non-hydrogen) atoms. The second-order valence-corrected chi connectivity index (χ2v) is 6.95. The second-order valence-electron chi connectivity index (χ2n) is 5.07. The van der Waals surface area contributed by atoms with Crippen LogP contribution in [0, 0.1) is 0 Å². The fraction of sp³-hybridized carbons (Fsp3) is 0.312. The monoisotopic (exact) mass is 356 g/mol. The number of rotatable bonds is 6. The molecule has 1 aromatic heterocycles. The number of halogens is 2. The molecule has 2 rings (SSSR count). The lowest BCUT2D eigenvalue weighted by atomic mass is 10.1. The van der Waals surface area contributed by atoms with Gasteiger partial charge in [-0.1, -0.05) is 35.3 Å². The Balaban J connectivity index is 1.89. The summed E-state index contributed by atoms with van der Waals surface area (Å²) in [5, 5.41) is 9.36. The minimum Gasteiger partial charge on any atom is -0.350 e. The van der Waals surface area contributed by atoms with Crippen LogP contribution in [0.25, 0.3) is 0 Å². The van der Waals surface area contributed by atoms with Gasteiger partial charge in [-0.3, -0.25) is 10.1 Å². The summed E-state index contributed by atoms with van der Waals surface area (Å²) in [5.41, 5.74) is 0.920. The molecular weight excluding hydrogens is 339 g/mol. The molecule has 0 saturated heterocycles. The highest BCUT2D eigenvalue weighted by Crippen LogP contribution is 2.26. The average molecular weight is 357 g/mol. The fourth-order valence-electron chi connectivity index (χ4n) is 2.13. The Bertz CT molecular complexity index is 631.